The van der Waals surface area contributed by atoms with E-state index in [-0.39, 0.29) is 18.3 Å². The van der Waals surface area contributed by atoms with Gasteiger partial charge in [-0.2, -0.15) is 0 Å². The van der Waals surface area contributed by atoms with Crippen molar-refractivity contribution < 1.29 is 4.79 Å². The number of fused-ring (bicyclic) bond motifs is 2. The number of aromatic amines is 2. The molecular weight excluding hydrogens is 280 g/mol. The predicted molar refractivity (Wildman–Crippen MR) is 74.8 cm³/mol. The number of hydrogen-bond acceptors (Lipinski definition) is 4. The summed E-state index contributed by atoms with van der Waals surface area (Å²) in [4.78, 5) is 30.5. The second-order valence-electron chi connectivity index (χ2n) is 4.40. The van der Waals surface area contributed by atoms with E-state index >= 15 is 0 Å². The molecule has 1 aliphatic heterocycles. The maximum atomic E-state index is 11.8. The normalized spacial score (nSPS) is 13.7. The van der Waals surface area contributed by atoms with Gasteiger partial charge in [-0.3, -0.25) is 4.79 Å². The highest BCUT2D eigenvalue weighted by Crippen LogP contribution is 2.25. The average molecular weight is 291 g/mol. The molecule has 0 saturated heterocycles. The van der Waals surface area contributed by atoms with Crippen LogP contribution in [0.25, 0.3) is 22.6 Å². The third-order valence-electron chi connectivity index (χ3n) is 3.28. The van der Waals surface area contributed by atoms with Gasteiger partial charge in [0.05, 0.1) is 17.6 Å². The molecule has 1 amide bonds. The lowest BCUT2D eigenvalue weighted by Crippen LogP contribution is -2.31. The molecule has 0 aliphatic carbocycles. The van der Waals surface area contributed by atoms with Gasteiger partial charge in [0.2, 0.25) is 0 Å². The molecule has 4 rings (SSSR count). The maximum absolute atomic E-state index is 11.8. The molecular formula is C12H11ClN6O. The van der Waals surface area contributed by atoms with Crippen LogP contribution >= 0.6 is 12.4 Å². The Bertz CT molecular complexity index is 792. The number of rotatable bonds is 1. The van der Waals surface area contributed by atoms with Crippen molar-refractivity contribution >= 4 is 29.5 Å². The first-order valence-electron chi connectivity index (χ1n) is 5.97. The molecule has 0 atom stereocenters. The van der Waals surface area contributed by atoms with Gasteiger partial charge in [-0.1, -0.05) is 0 Å². The van der Waals surface area contributed by atoms with E-state index in [1.54, 1.807) is 6.33 Å². The summed E-state index contributed by atoms with van der Waals surface area (Å²) in [6.07, 6.45) is 3.86. The lowest BCUT2D eigenvalue weighted by molar-refractivity contribution is 0.0946. The minimum Gasteiger partial charge on any atom is -0.356 e. The van der Waals surface area contributed by atoms with Crippen molar-refractivity contribution in [3.63, 3.8) is 0 Å². The van der Waals surface area contributed by atoms with E-state index in [0.717, 1.165) is 29.0 Å². The quantitative estimate of drug-likeness (QED) is 0.624. The van der Waals surface area contributed by atoms with E-state index < -0.39 is 0 Å². The number of halogens is 1. The highest BCUT2D eigenvalue weighted by atomic mass is 35.5. The van der Waals surface area contributed by atoms with Gasteiger partial charge >= 0.3 is 0 Å². The number of nitrogens with zero attached hydrogens (tertiary/aromatic N) is 3. The largest absolute Gasteiger partial charge is 0.356 e. The highest BCUT2D eigenvalue weighted by Gasteiger charge is 2.21. The zero-order valence-electron chi connectivity index (χ0n) is 10.3. The van der Waals surface area contributed by atoms with Crippen LogP contribution in [-0.4, -0.2) is 37.4 Å². The summed E-state index contributed by atoms with van der Waals surface area (Å²) in [6.45, 7) is 0.662. The number of H-pyrrole nitrogens is 2. The van der Waals surface area contributed by atoms with Crippen LogP contribution in [0, 0.1) is 0 Å². The molecule has 1 aliphatic rings. The summed E-state index contributed by atoms with van der Waals surface area (Å²) in [7, 11) is 0. The fraction of sp³-hybridized carbons (Fsp3) is 0.167. The first-order valence-corrected chi connectivity index (χ1v) is 5.97. The molecule has 0 unspecified atom stereocenters. The molecule has 8 heteroatoms. The summed E-state index contributed by atoms with van der Waals surface area (Å²) in [6, 6.07) is 1.83. The van der Waals surface area contributed by atoms with Gasteiger partial charge in [0.1, 0.15) is 17.5 Å². The topological polar surface area (TPSA) is 99.3 Å². The molecule has 102 valence electrons. The van der Waals surface area contributed by atoms with Crippen molar-refractivity contribution in [3.05, 3.63) is 30.0 Å². The third-order valence-corrected chi connectivity index (χ3v) is 3.28. The molecule has 20 heavy (non-hydrogen) atoms. The van der Waals surface area contributed by atoms with Gasteiger partial charge < -0.3 is 15.3 Å². The second-order valence-corrected chi connectivity index (χ2v) is 4.40. The lowest BCUT2D eigenvalue weighted by Gasteiger charge is -2.10. The number of aromatic nitrogens is 5. The maximum Gasteiger partial charge on any atom is 0.253 e. The molecule has 3 N–H and O–H groups in total. The number of imidazole rings is 1. The van der Waals surface area contributed by atoms with E-state index in [1.807, 2.05) is 6.07 Å². The summed E-state index contributed by atoms with van der Waals surface area (Å²) < 4.78 is 0. The van der Waals surface area contributed by atoms with Crippen molar-refractivity contribution in [3.8, 4) is 11.4 Å². The first-order chi connectivity index (χ1) is 9.33. The monoisotopic (exact) mass is 290 g/mol. The fourth-order valence-electron chi connectivity index (χ4n) is 2.39. The van der Waals surface area contributed by atoms with E-state index in [1.165, 1.54) is 6.33 Å². The number of carbonyl (C=O) groups is 1. The lowest BCUT2D eigenvalue weighted by atomic mass is 10.1. The third kappa shape index (κ3) is 1.75. The van der Waals surface area contributed by atoms with Gasteiger partial charge in [-0.05, 0) is 6.07 Å². The van der Waals surface area contributed by atoms with Crippen LogP contribution in [0.3, 0.4) is 0 Å². The Balaban J connectivity index is 0.00000121. The van der Waals surface area contributed by atoms with Crippen molar-refractivity contribution in [2.45, 2.75) is 6.42 Å². The summed E-state index contributed by atoms with van der Waals surface area (Å²) in [5.41, 5.74) is 4.55. The number of carbonyl (C=O) groups excluding carboxylic acids is 1. The smallest absolute Gasteiger partial charge is 0.253 e. The van der Waals surface area contributed by atoms with Crippen LogP contribution in [-0.2, 0) is 6.42 Å². The second kappa shape index (κ2) is 4.61. The van der Waals surface area contributed by atoms with Crippen molar-refractivity contribution in [2.24, 2.45) is 0 Å². The number of amides is 1. The van der Waals surface area contributed by atoms with Crippen LogP contribution in [0.2, 0.25) is 0 Å². The van der Waals surface area contributed by atoms with Crippen LogP contribution < -0.4 is 5.32 Å². The minimum absolute atomic E-state index is 0. The Morgan fingerprint density at radius 3 is 2.95 bits per heavy atom. The van der Waals surface area contributed by atoms with Crippen LogP contribution in [0.1, 0.15) is 16.1 Å². The molecule has 0 aromatic carbocycles. The van der Waals surface area contributed by atoms with Gasteiger partial charge in [0.15, 0.2) is 5.65 Å². The minimum atomic E-state index is -0.0429. The van der Waals surface area contributed by atoms with Gasteiger partial charge in [-0.15, -0.1) is 12.4 Å². The fourth-order valence-corrected chi connectivity index (χ4v) is 2.39. The molecule has 0 spiro atoms. The molecule has 7 nitrogen and oxygen atoms in total. The van der Waals surface area contributed by atoms with Crippen molar-refractivity contribution in [1.82, 2.24) is 30.2 Å². The SMILES string of the molecule is Cl.O=C1NCCc2[nH]c(-c3ncnc4nc[nH]c34)cc21. The molecule has 3 aromatic rings. The summed E-state index contributed by atoms with van der Waals surface area (Å²) in [5.74, 6) is -0.0429. The molecule has 0 saturated carbocycles. The number of hydrogen-bond donors (Lipinski definition) is 3. The Labute approximate surface area is 119 Å². The highest BCUT2D eigenvalue weighted by molar-refractivity contribution is 5.98. The molecule has 0 bridgehead atoms. The van der Waals surface area contributed by atoms with E-state index in [4.69, 9.17) is 0 Å². The van der Waals surface area contributed by atoms with Crippen LogP contribution in [0.5, 0.6) is 0 Å². The number of nitrogens with one attached hydrogen (secondary N) is 3. The molecule has 0 fully saturated rings. The first kappa shape index (κ1) is 12.6. The van der Waals surface area contributed by atoms with Crippen LogP contribution in [0.4, 0.5) is 0 Å². The Morgan fingerprint density at radius 1 is 1.20 bits per heavy atom. The molecule has 0 radical (unpaired) electrons. The zero-order chi connectivity index (χ0) is 12.8. The van der Waals surface area contributed by atoms with Gasteiger partial charge in [0, 0.05) is 18.7 Å². The van der Waals surface area contributed by atoms with Crippen molar-refractivity contribution in [1.29, 1.82) is 0 Å². The zero-order valence-corrected chi connectivity index (χ0v) is 11.1. The van der Waals surface area contributed by atoms with Gasteiger partial charge in [0.25, 0.3) is 5.91 Å². The summed E-state index contributed by atoms with van der Waals surface area (Å²) in [5, 5.41) is 2.82. The van der Waals surface area contributed by atoms with Crippen LogP contribution in [0.15, 0.2) is 18.7 Å². The predicted octanol–water partition coefficient (Wildman–Crippen LogP) is 1.06. The van der Waals surface area contributed by atoms with Crippen molar-refractivity contribution in [2.75, 3.05) is 6.54 Å². The average Bonchev–Trinajstić information content (AvgIpc) is 3.05. The standard InChI is InChI=1S/C12H10N6O.ClH/c19-12-6-3-8(18-7(6)1-2-13-12)9-10-11(16-4-14-9)17-5-15-10;/h3-5,18H,1-2H2,(H,13,19)(H,14,15,16,17);1H. The van der Waals surface area contributed by atoms with E-state index in [0.29, 0.717) is 17.8 Å². The van der Waals surface area contributed by atoms with E-state index in [2.05, 4.69) is 30.2 Å². The Hall–Kier alpha value is -2.41. The van der Waals surface area contributed by atoms with E-state index in [9.17, 15) is 4.79 Å². The Morgan fingerprint density at radius 2 is 2.10 bits per heavy atom. The molecule has 3 aromatic heterocycles. The Kier molecular flexibility index (Phi) is 2.90. The molecule has 4 heterocycles. The van der Waals surface area contributed by atoms with Gasteiger partial charge in [-0.25, -0.2) is 15.0 Å². The summed E-state index contributed by atoms with van der Waals surface area (Å²) >= 11 is 0.